The van der Waals surface area contributed by atoms with Crippen LogP contribution in [0.3, 0.4) is 0 Å². The third kappa shape index (κ3) is 4.24. The Balaban J connectivity index is 0.00000122. The fourth-order valence-electron chi connectivity index (χ4n) is 6.92. The predicted octanol–water partition coefficient (Wildman–Crippen LogP) is 6.32. The van der Waals surface area contributed by atoms with E-state index in [-0.39, 0.29) is 24.8 Å². The molecule has 0 radical (unpaired) electrons. The maximum atomic E-state index is 9.74. The van der Waals surface area contributed by atoms with Crippen molar-refractivity contribution in [3.63, 3.8) is 0 Å². The van der Waals surface area contributed by atoms with Gasteiger partial charge >= 0.3 is 0 Å². The van der Waals surface area contributed by atoms with Crippen molar-refractivity contribution in [3.8, 4) is 5.75 Å². The molecule has 2 bridgehead atoms. The number of nitrogens with zero attached hydrogens (tertiary/aromatic N) is 1. The van der Waals surface area contributed by atoms with Gasteiger partial charge in [0, 0.05) is 30.2 Å². The average molecular weight is 476 g/mol. The highest BCUT2D eigenvalue weighted by molar-refractivity contribution is 5.85. The molecule has 3 atom stereocenters. The Morgan fingerprint density at radius 2 is 1.88 bits per heavy atom. The first kappa shape index (κ1) is 23.7. The molecule has 1 saturated heterocycles. The zero-order valence-electron chi connectivity index (χ0n) is 18.8. The largest absolute Gasteiger partial charge is 0.508 e. The van der Waals surface area contributed by atoms with Crippen molar-refractivity contribution in [2.24, 2.45) is 11.8 Å². The summed E-state index contributed by atoms with van der Waals surface area (Å²) in [6, 6.07) is 15.5. The molecule has 2 aromatic carbocycles. The van der Waals surface area contributed by atoms with Crippen molar-refractivity contribution in [3.05, 3.63) is 59.2 Å². The van der Waals surface area contributed by atoms with E-state index in [1.165, 1.54) is 70.1 Å². The number of phenols is 1. The summed E-state index contributed by atoms with van der Waals surface area (Å²) in [5.41, 5.74) is 6.04. The van der Waals surface area contributed by atoms with E-state index in [9.17, 15) is 5.11 Å². The van der Waals surface area contributed by atoms with E-state index in [4.69, 9.17) is 0 Å². The number of benzene rings is 2. The van der Waals surface area contributed by atoms with Crippen LogP contribution in [-0.4, -0.2) is 29.1 Å². The zero-order valence-corrected chi connectivity index (χ0v) is 20.4. The number of hydrogen-bond donors (Lipinski definition) is 2. The lowest BCUT2D eigenvalue weighted by Gasteiger charge is -2.59. The highest BCUT2D eigenvalue weighted by Gasteiger charge is 2.54. The average Bonchev–Trinajstić information content (AvgIpc) is 3.58. The molecule has 0 amide bonds. The number of halogens is 2. The van der Waals surface area contributed by atoms with E-state index in [1.807, 2.05) is 12.1 Å². The number of anilines is 1. The molecule has 0 aromatic heterocycles. The first-order valence-electron chi connectivity index (χ1n) is 12.1. The molecule has 3 aliphatic carbocycles. The Kier molecular flexibility index (Phi) is 7.00. The van der Waals surface area contributed by atoms with Crippen LogP contribution >= 0.6 is 24.8 Å². The molecular weight excluding hydrogens is 439 g/mol. The highest BCUT2D eigenvalue weighted by atomic mass is 35.5. The molecule has 1 aliphatic heterocycles. The summed E-state index contributed by atoms with van der Waals surface area (Å²) in [7, 11) is 0. The molecule has 1 heterocycles. The van der Waals surface area contributed by atoms with Crippen LogP contribution in [-0.2, 0) is 18.4 Å². The van der Waals surface area contributed by atoms with Gasteiger partial charge in [-0.25, -0.2) is 0 Å². The highest BCUT2D eigenvalue weighted by Crippen LogP contribution is 2.56. The lowest BCUT2D eigenvalue weighted by molar-refractivity contribution is -0.0133. The molecule has 174 valence electrons. The Morgan fingerprint density at radius 3 is 2.69 bits per heavy atom. The summed E-state index contributed by atoms with van der Waals surface area (Å²) in [5, 5.41) is 13.4. The molecule has 3 fully saturated rings. The van der Waals surface area contributed by atoms with Crippen molar-refractivity contribution < 1.29 is 5.11 Å². The van der Waals surface area contributed by atoms with Gasteiger partial charge in [0.2, 0.25) is 0 Å². The van der Waals surface area contributed by atoms with Crippen molar-refractivity contribution in [2.45, 2.75) is 69.4 Å². The Morgan fingerprint density at radius 1 is 1.00 bits per heavy atom. The second-order valence-corrected chi connectivity index (χ2v) is 10.4. The minimum absolute atomic E-state index is 0. The quantitative estimate of drug-likeness (QED) is 0.532. The molecule has 2 aromatic rings. The molecule has 32 heavy (non-hydrogen) atoms. The molecular formula is C27H36Cl2N2O. The van der Waals surface area contributed by atoms with Gasteiger partial charge in [0.15, 0.2) is 0 Å². The fraction of sp³-hybridized carbons (Fsp3) is 0.556. The minimum Gasteiger partial charge on any atom is -0.508 e. The van der Waals surface area contributed by atoms with Gasteiger partial charge in [-0.3, -0.25) is 4.90 Å². The van der Waals surface area contributed by atoms with Crippen LogP contribution in [0.5, 0.6) is 5.75 Å². The zero-order chi connectivity index (χ0) is 20.1. The summed E-state index contributed by atoms with van der Waals surface area (Å²) in [5.74, 6) is 2.19. The lowest BCUT2D eigenvalue weighted by atomic mass is 9.52. The van der Waals surface area contributed by atoms with Crippen molar-refractivity contribution in [2.75, 3.05) is 18.4 Å². The maximum Gasteiger partial charge on any atom is 0.115 e. The molecule has 0 unspecified atom stereocenters. The van der Waals surface area contributed by atoms with Gasteiger partial charge in [0.05, 0.1) is 0 Å². The van der Waals surface area contributed by atoms with Crippen molar-refractivity contribution in [1.82, 2.24) is 4.90 Å². The molecule has 6 rings (SSSR count). The van der Waals surface area contributed by atoms with Gasteiger partial charge in [-0.1, -0.05) is 31.0 Å². The third-order valence-corrected chi connectivity index (χ3v) is 8.55. The van der Waals surface area contributed by atoms with E-state index in [0.717, 1.165) is 30.0 Å². The Labute approximate surface area is 204 Å². The SMILES string of the molecule is Cl.Cl.Oc1cccc(CNc2ccc3c(c2)[C@@]24CCCC[C@H]2[C@@H](C3)N(CC2CC2)CC4)c1. The smallest absolute Gasteiger partial charge is 0.115 e. The lowest BCUT2D eigenvalue weighted by Crippen LogP contribution is -2.61. The number of aromatic hydroxyl groups is 1. The van der Waals surface area contributed by atoms with Crippen LogP contribution in [0.4, 0.5) is 5.69 Å². The second kappa shape index (κ2) is 9.44. The molecule has 3 nitrogen and oxygen atoms in total. The number of likely N-dealkylation sites (tertiary alicyclic amines) is 1. The summed E-state index contributed by atoms with van der Waals surface area (Å²) in [4.78, 5) is 2.89. The van der Waals surface area contributed by atoms with Crippen LogP contribution in [0, 0.1) is 11.8 Å². The van der Waals surface area contributed by atoms with E-state index in [2.05, 4.69) is 34.5 Å². The summed E-state index contributed by atoms with van der Waals surface area (Å²) in [6.07, 6.45) is 11.1. The number of piperidine rings is 1. The van der Waals surface area contributed by atoms with E-state index < -0.39 is 0 Å². The normalized spacial score (nSPS) is 28.5. The summed E-state index contributed by atoms with van der Waals surface area (Å²) < 4.78 is 0. The monoisotopic (exact) mass is 474 g/mol. The van der Waals surface area contributed by atoms with Crippen LogP contribution in [0.25, 0.3) is 0 Å². The van der Waals surface area contributed by atoms with E-state index in [1.54, 1.807) is 17.2 Å². The molecule has 4 aliphatic rings. The fourth-order valence-corrected chi connectivity index (χ4v) is 6.92. The molecule has 0 spiro atoms. The van der Waals surface area contributed by atoms with Gasteiger partial charge in [0.1, 0.15) is 5.75 Å². The van der Waals surface area contributed by atoms with Gasteiger partial charge in [-0.15, -0.1) is 24.8 Å². The van der Waals surface area contributed by atoms with Gasteiger partial charge < -0.3 is 10.4 Å². The number of phenolic OH excluding ortho intramolecular Hbond substituents is 1. The van der Waals surface area contributed by atoms with Crippen LogP contribution < -0.4 is 5.32 Å². The van der Waals surface area contributed by atoms with Crippen LogP contribution in [0.2, 0.25) is 0 Å². The topological polar surface area (TPSA) is 35.5 Å². The third-order valence-electron chi connectivity index (χ3n) is 8.55. The van der Waals surface area contributed by atoms with Gasteiger partial charge in [-0.2, -0.15) is 0 Å². The number of nitrogens with one attached hydrogen (secondary N) is 1. The van der Waals surface area contributed by atoms with Crippen molar-refractivity contribution in [1.29, 1.82) is 0 Å². The Bertz CT molecular complexity index is 947. The standard InChI is InChI=1S/C27H34N2O.2ClH/c30-23-5-3-4-20(14-23)17-28-22-10-9-21-15-26-24-6-1-2-11-27(24,25(21)16-22)12-13-29(26)18-19-7-8-19;;/h3-5,9-10,14,16,19,24,26,28,30H,1-2,6-8,11-13,15,17-18H2;2*1H/t24-,26+,27+;;/m0../s1. The van der Waals surface area contributed by atoms with Gasteiger partial charge in [0.25, 0.3) is 0 Å². The number of fused-ring (bicyclic) bond motifs is 1. The summed E-state index contributed by atoms with van der Waals surface area (Å²) in [6.45, 7) is 3.41. The van der Waals surface area contributed by atoms with Crippen molar-refractivity contribution >= 4 is 30.5 Å². The maximum absolute atomic E-state index is 9.74. The first-order valence-corrected chi connectivity index (χ1v) is 12.1. The number of hydrogen-bond acceptors (Lipinski definition) is 3. The minimum atomic E-state index is 0. The predicted molar refractivity (Wildman–Crippen MR) is 136 cm³/mol. The summed E-state index contributed by atoms with van der Waals surface area (Å²) >= 11 is 0. The van der Waals surface area contributed by atoms with E-state index in [0.29, 0.717) is 11.2 Å². The number of rotatable bonds is 5. The first-order chi connectivity index (χ1) is 14.7. The molecule has 2 saturated carbocycles. The molecule has 2 N–H and O–H groups in total. The van der Waals surface area contributed by atoms with Gasteiger partial charge in [-0.05, 0) is 97.9 Å². The van der Waals surface area contributed by atoms with Crippen LogP contribution in [0.15, 0.2) is 42.5 Å². The van der Waals surface area contributed by atoms with E-state index >= 15 is 0 Å². The second-order valence-electron chi connectivity index (χ2n) is 10.4. The van der Waals surface area contributed by atoms with Crippen LogP contribution in [0.1, 0.15) is 61.6 Å². The Hall–Kier alpha value is -1.42. The molecule has 5 heteroatoms.